The van der Waals surface area contributed by atoms with Crippen molar-refractivity contribution in [2.45, 2.75) is 13.3 Å². The van der Waals surface area contributed by atoms with Crippen molar-refractivity contribution in [1.82, 2.24) is 9.62 Å². The summed E-state index contributed by atoms with van der Waals surface area (Å²) in [6.07, 6.45) is 3.74. The zero-order valence-corrected chi connectivity index (χ0v) is 11.4. The molecule has 1 amide bonds. The second-order valence-electron chi connectivity index (χ2n) is 3.49. The highest BCUT2D eigenvalue weighted by Gasteiger charge is 2.16. The first-order chi connectivity index (χ1) is 8.46. The molecular formula is C11H20N2O4S. The topological polar surface area (TPSA) is 75.7 Å². The van der Waals surface area contributed by atoms with E-state index in [9.17, 15) is 13.2 Å². The SMILES string of the molecule is C=CCN(CC=C)C(=O)COS(=O)(=O)NCCC. The first-order valence-corrected chi connectivity index (χ1v) is 7.01. The molecule has 0 rings (SSSR count). The molecule has 0 radical (unpaired) electrons. The van der Waals surface area contributed by atoms with Gasteiger partial charge in [0.05, 0.1) is 0 Å². The quantitative estimate of drug-likeness (QED) is 0.588. The van der Waals surface area contributed by atoms with Crippen LogP contribution < -0.4 is 4.72 Å². The van der Waals surface area contributed by atoms with Crippen molar-refractivity contribution >= 4 is 16.2 Å². The van der Waals surface area contributed by atoms with Crippen LogP contribution in [0, 0.1) is 0 Å². The second kappa shape index (κ2) is 8.84. The van der Waals surface area contributed by atoms with Gasteiger partial charge in [0.1, 0.15) is 6.61 Å². The molecule has 0 fully saturated rings. The molecule has 7 heteroatoms. The summed E-state index contributed by atoms with van der Waals surface area (Å²) in [5, 5.41) is 0. The van der Waals surface area contributed by atoms with Gasteiger partial charge in [-0.05, 0) is 6.42 Å². The van der Waals surface area contributed by atoms with Crippen LogP contribution in [0.5, 0.6) is 0 Å². The third-order valence-corrected chi connectivity index (χ3v) is 2.90. The Hall–Kier alpha value is -1.18. The van der Waals surface area contributed by atoms with Crippen molar-refractivity contribution < 1.29 is 17.4 Å². The minimum atomic E-state index is -3.85. The Labute approximate surface area is 109 Å². The van der Waals surface area contributed by atoms with Crippen molar-refractivity contribution in [3.8, 4) is 0 Å². The molecule has 1 N–H and O–H groups in total. The van der Waals surface area contributed by atoms with E-state index in [1.807, 2.05) is 6.92 Å². The summed E-state index contributed by atoms with van der Waals surface area (Å²) in [4.78, 5) is 13.0. The standard InChI is InChI=1S/C11H20N2O4S/c1-4-7-12-18(15,16)17-10-11(14)13(8-5-2)9-6-3/h5-6,12H,2-4,7-10H2,1H3. The lowest BCUT2D eigenvalue weighted by Crippen LogP contribution is -2.37. The van der Waals surface area contributed by atoms with Gasteiger partial charge >= 0.3 is 10.3 Å². The summed E-state index contributed by atoms with van der Waals surface area (Å²) in [5.74, 6) is -0.434. The maximum Gasteiger partial charge on any atom is 0.336 e. The number of carbonyl (C=O) groups is 1. The summed E-state index contributed by atoms with van der Waals surface area (Å²) < 4.78 is 29.3. The predicted octanol–water partition coefficient (Wildman–Crippen LogP) is 0.448. The predicted molar refractivity (Wildman–Crippen MR) is 70.1 cm³/mol. The zero-order chi connectivity index (χ0) is 14.0. The highest BCUT2D eigenvalue weighted by Crippen LogP contribution is 1.95. The van der Waals surface area contributed by atoms with Crippen molar-refractivity contribution in [2.75, 3.05) is 26.2 Å². The molecule has 0 aromatic carbocycles. The minimum absolute atomic E-state index is 0.277. The third kappa shape index (κ3) is 7.21. The molecule has 0 aliphatic carbocycles. The molecular weight excluding hydrogens is 256 g/mol. The Bertz CT molecular complexity index is 369. The van der Waals surface area contributed by atoms with Crippen molar-refractivity contribution in [1.29, 1.82) is 0 Å². The van der Waals surface area contributed by atoms with Gasteiger partial charge < -0.3 is 4.90 Å². The van der Waals surface area contributed by atoms with E-state index in [2.05, 4.69) is 22.1 Å². The van der Waals surface area contributed by atoms with E-state index in [4.69, 9.17) is 0 Å². The molecule has 0 spiro atoms. The summed E-state index contributed by atoms with van der Waals surface area (Å²) >= 11 is 0. The number of hydrogen-bond acceptors (Lipinski definition) is 4. The molecule has 0 unspecified atom stereocenters. The number of carbonyl (C=O) groups excluding carboxylic acids is 1. The number of rotatable bonds is 10. The monoisotopic (exact) mass is 276 g/mol. The van der Waals surface area contributed by atoms with Crippen LogP contribution in [0.4, 0.5) is 0 Å². The van der Waals surface area contributed by atoms with Crippen molar-refractivity contribution in [2.24, 2.45) is 0 Å². The van der Waals surface area contributed by atoms with E-state index in [1.54, 1.807) is 12.2 Å². The van der Waals surface area contributed by atoms with Crippen molar-refractivity contribution in [3.63, 3.8) is 0 Å². The van der Waals surface area contributed by atoms with Crippen LogP contribution in [0.2, 0.25) is 0 Å². The van der Waals surface area contributed by atoms with Gasteiger partial charge in [0.25, 0.3) is 5.91 Å². The summed E-state index contributed by atoms with van der Waals surface area (Å²) in [6.45, 7) is 9.24. The van der Waals surface area contributed by atoms with Gasteiger partial charge in [-0.2, -0.15) is 13.1 Å². The largest absolute Gasteiger partial charge is 0.336 e. The average molecular weight is 276 g/mol. The first kappa shape index (κ1) is 16.8. The summed E-state index contributed by atoms with van der Waals surface area (Å²) in [6, 6.07) is 0. The number of hydrogen-bond donors (Lipinski definition) is 1. The van der Waals surface area contributed by atoms with Gasteiger partial charge in [-0.3, -0.25) is 4.79 Å². The van der Waals surface area contributed by atoms with E-state index in [0.717, 1.165) is 0 Å². The molecule has 0 bridgehead atoms. The number of amides is 1. The average Bonchev–Trinajstić information content (AvgIpc) is 2.33. The molecule has 0 aliphatic rings. The Balaban J connectivity index is 4.29. The van der Waals surface area contributed by atoms with Crippen LogP contribution in [0.25, 0.3) is 0 Å². The highest BCUT2D eigenvalue weighted by molar-refractivity contribution is 7.84. The van der Waals surface area contributed by atoms with E-state index in [0.29, 0.717) is 19.5 Å². The Kier molecular flexibility index (Phi) is 8.27. The molecule has 0 atom stereocenters. The fourth-order valence-electron chi connectivity index (χ4n) is 1.08. The van der Waals surface area contributed by atoms with Crippen LogP contribution in [0.3, 0.4) is 0 Å². The van der Waals surface area contributed by atoms with E-state index < -0.39 is 22.8 Å². The maximum absolute atomic E-state index is 11.7. The molecule has 6 nitrogen and oxygen atoms in total. The van der Waals surface area contributed by atoms with Gasteiger partial charge in [-0.1, -0.05) is 19.1 Å². The van der Waals surface area contributed by atoms with E-state index >= 15 is 0 Å². The molecule has 0 aromatic rings. The molecule has 0 heterocycles. The molecule has 104 valence electrons. The van der Waals surface area contributed by atoms with Gasteiger partial charge in [0, 0.05) is 19.6 Å². The molecule has 0 aliphatic heterocycles. The Morgan fingerprint density at radius 2 is 1.89 bits per heavy atom. The fraction of sp³-hybridized carbons (Fsp3) is 0.545. The van der Waals surface area contributed by atoms with Gasteiger partial charge in [-0.15, -0.1) is 13.2 Å². The van der Waals surface area contributed by atoms with Gasteiger partial charge in [0.2, 0.25) is 0 Å². The Morgan fingerprint density at radius 3 is 2.33 bits per heavy atom. The van der Waals surface area contributed by atoms with Crippen LogP contribution in [0.15, 0.2) is 25.3 Å². The lowest BCUT2D eigenvalue weighted by atomic mass is 10.4. The normalized spacial score (nSPS) is 10.9. The lowest BCUT2D eigenvalue weighted by Gasteiger charge is -2.18. The molecule has 18 heavy (non-hydrogen) atoms. The van der Waals surface area contributed by atoms with Gasteiger partial charge in [-0.25, -0.2) is 4.18 Å². The van der Waals surface area contributed by atoms with Crippen LogP contribution in [0.1, 0.15) is 13.3 Å². The summed E-state index contributed by atoms with van der Waals surface area (Å²) in [5.41, 5.74) is 0. The van der Waals surface area contributed by atoms with Gasteiger partial charge in [0.15, 0.2) is 0 Å². The number of nitrogens with zero attached hydrogens (tertiary/aromatic N) is 1. The van der Waals surface area contributed by atoms with Crippen LogP contribution in [-0.4, -0.2) is 45.5 Å². The Morgan fingerprint density at radius 1 is 1.33 bits per heavy atom. The van der Waals surface area contributed by atoms with E-state index in [-0.39, 0.29) is 6.54 Å². The third-order valence-electron chi connectivity index (χ3n) is 1.92. The van der Waals surface area contributed by atoms with E-state index in [1.165, 1.54) is 4.90 Å². The maximum atomic E-state index is 11.7. The number of nitrogens with one attached hydrogen (secondary N) is 1. The smallest absolute Gasteiger partial charge is 0.333 e. The molecule has 0 saturated carbocycles. The van der Waals surface area contributed by atoms with Crippen molar-refractivity contribution in [3.05, 3.63) is 25.3 Å². The zero-order valence-electron chi connectivity index (χ0n) is 10.6. The minimum Gasteiger partial charge on any atom is -0.333 e. The lowest BCUT2D eigenvalue weighted by molar-refractivity contribution is -0.132. The second-order valence-corrected chi connectivity index (χ2v) is 4.92. The summed E-state index contributed by atoms with van der Waals surface area (Å²) in [7, 11) is -3.85. The van der Waals surface area contributed by atoms with Crippen LogP contribution in [-0.2, 0) is 19.3 Å². The van der Waals surface area contributed by atoms with Crippen LogP contribution >= 0.6 is 0 Å². The molecule has 0 saturated heterocycles. The fourth-order valence-corrected chi connectivity index (χ4v) is 1.87. The highest BCUT2D eigenvalue weighted by atomic mass is 32.2. The molecule has 0 aromatic heterocycles. The first-order valence-electron chi connectivity index (χ1n) is 5.60.